The van der Waals surface area contributed by atoms with Crippen molar-refractivity contribution in [1.82, 2.24) is 0 Å². The molecular weight excluding hydrogens is 202 g/mol. The molecule has 0 aromatic rings. The Morgan fingerprint density at radius 2 is 1.73 bits per heavy atom. The number of esters is 1. The Hall–Kier alpha value is -1.59. The van der Waals surface area contributed by atoms with Crippen LogP contribution in [0.4, 0.5) is 0 Å². The van der Waals surface area contributed by atoms with Gasteiger partial charge in [0.05, 0.1) is 0 Å². The van der Waals surface area contributed by atoms with Gasteiger partial charge < -0.3 is 15.6 Å². The van der Waals surface area contributed by atoms with Gasteiger partial charge in [0.1, 0.15) is 0 Å². The van der Waals surface area contributed by atoms with E-state index >= 15 is 0 Å². The first-order valence-electron chi connectivity index (χ1n) is 4.59. The van der Waals surface area contributed by atoms with Gasteiger partial charge in [-0.1, -0.05) is 13.8 Å². The molecule has 0 saturated carbocycles. The van der Waals surface area contributed by atoms with Crippen molar-refractivity contribution in [1.29, 1.82) is 0 Å². The predicted molar refractivity (Wildman–Crippen MR) is 50.8 cm³/mol. The van der Waals surface area contributed by atoms with Crippen LogP contribution in [0.25, 0.3) is 0 Å². The van der Waals surface area contributed by atoms with Crippen LogP contribution in [0.5, 0.6) is 0 Å². The minimum Gasteiger partial charge on any atom is -0.480 e. The normalized spacial score (nSPS) is 10.8. The summed E-state index contributed by atoms with van der Waals surface area (Å²) < 4.78 is 4.52. The van der Waals surface area contributed by atoms with Crippen LogP contribution in [-0.4, -0.2) is 29.6 Å². The molecule has 0 saturated heterocycles. The fourth-order valence-corrected chi connectivity index (χ4v) is 1.20. The van der Waals surface area contributed by atoms with Crippen LogP contribution < -0.4 is 5.73 Å². The maximum atomic E-state index is 11.5. The van der Waals surface area contributed by atoms with E-state index in [9.17, 15) is 14.4 Å². The maximum Gasteiger partial charge on any atom is 0.323 e. The van der Waals surface area contributed by atoms with E-state index in [1.54, 1.807) is 13.8 Å². The highest BCUT2D eigenvalue weighted by molar-refractivity contribution is 5.99. The van der Waals surface area contributed by atoms with Gasteiger partial charge in [0.2, 0.25) is 0 Å². The van der Waals surface area contributed by atoms with Gasteiger partial charge in [-0.2, -0.15) is 0 Å². The van der Waals surface area contributed by atoms with Gasteiger partial charge in [0.15, 0.2) is 12.0 Å². The van der Waals surface area contributed by atoms with Crippen molar-refractivity contribution in [2.45, 2.75) is 26.7 Å². The van der Waals surface area contributed by atoms with Crippen molar-refractivity contribution >= 4 is 17.8 Å². The van der Waals surface area contributed by atoms with Crippen molar-refractivity contribution in [2.24, 2.45) is 11.1 Å². The number of primary amides is 1. The number of carboxylic acid groups (broad SMARTS) is 1. The average Bonchev–Trinajstić information content (AvgIpc) is 2.17. The highest BCUT2D eigenvalue weighted by Gasteiger charge is 2.44. The second-order valence-electron chi connectivity index (χ2n) is 3.14. The van der Waals surface area contributed by atoms with Gasteiger partial charge in [-0.3, -0.25) is 14.4 Å². The first-order chi connectivity index (χ1) is 6.90. The van der Waals surface area contributed by atoms with E-state index in [0.29, 0.717) is 0 Å². The third kappa shape index (κ3) is 2.93. The molecule has 3 N–H and O–H groups in total. The second-order valence-corrected chi connectivity index (χ2v) is 3.14. The Bertz CT molecular complexity index is 270. The summed E-state index contributed by atoms with van der Waals surface area (Å²) in [6, 6.07) is 0. The zero-order valence-electron chi connectivity index (χ0n) is 8.78. The molecule has 86 valence electrons. The van der Waals surface area contributed by atoms with E-state index in [4.69, 9.17) is 10.8 Å². The lowest BCUT2D eigenvalue weighted by Gasteiger charge is -2.23. The number of amides is 1. The Balaban J connectivity index is 4.70. The molecule has 0 unspecified atom stereocenters. The predicted octanol–water partition coefficient (Wildman–Crippen LogP) is -0.0941. The van der Waals surface area contributed by atoms with Gasteiger partial charge in [-0.15, -0.1) is 0 Å². The number of nitrogens with two attached hydrogens (primary N) is 1. The van der Waals surface area contributed by atoms with Crippen LogP contribution in [0.15, 0.2) is 0 Å². The first kappa shape index (κ1) is 13.4. The van der Waals surface area contributed by atoms with Crippen molar-refractivity contribution in [3.8, 4) is 0 Å². The average molecular weight is 217 g/mol. The van der Waals surface area contributed by atoms with Crippen LogP contribution in [-0.2, 0) is 19.1 Å². The third-order valence-corrected chi connectivity index (χ3v) is 2.35. The van der Waals surface area contributed by atoms with Gasteiger partial charge in [-0.25, -0.2) is 0 Å². The number of rotatable bonds is 6. The van der Waals surface area contributed by atoms with Crippen LogP contribution in [0.2, 0.25) is 0 Å². The minimum atomic E-state index is -1.57. The fourth-order valence-electron chi connectivity index (χ4n) is 1.20. The topological polar surface area (TPSA) is 107 Å². The second kappa shape index (κ2) is 5.33. The number of ether oxygens (including phenoxy) is 1. The van der Waals surface area contributed by atoms with E-state index in [-0.39, 0.29) is 12.8 Å². The third-order valence-electron chi connectivity index (χ3n) is 2.35. The lowest BCUT2D eigenvalue weighted by Crippen LogP contribution is -2.40. The summed E-state index contributed by atoms with van der Waals surface area (Å²) in [6.45, 7) is 2.56. The van der Waals surface area contributed by atoms with Gasteiger partial charge in [0.25, 0.3) is 5.91 Å². The number of carbonyl (C=O) groups is 3. The highest BCUT2D eigenvalue weighted by atomic mass is 16.5. The highest BCUT2D eigenvalue weighted by Crippen LogP contribution is 2.28. The Morgan fingerprint density at radius 1 is 1.27 bits per heavy atom. The molecule has 0 aromatic carbocycles. The molecule has 15 heavy (non-hydrogen) atoms. The minimum absolute atomic E-state index is 0.108. The Kier molecular flexibility index (Phi) is 4.77. The standard InChI is InChI=1S/C9H15NO5/c1-3-9(4-2,7(12)13)8(14)15-5-6(10)11/h3-5H2,1-2H3,(H2,10,11)(H,12,13). The molecule has 0 radical (unpaired) electrons. The summed E-state index contributed by atoms with van der Waals surface area (Å²) in [5.74, 6) is -2.98. The Morgan fingerprint density at radius 3 is 2.00 bits per heavy atom. The molecule has 0 aliphatic carbocycles. The molecule has 0 aliphatic heterocycles. The maximum absolute atomic E-state index is 11.5. The van der Waals surface area contributed by atoms with Crippen molar-refractivity contribution in [3.63, 3.8) is 0 Å². The molecular formula is C9H15NO5. The van der Waals surface area contributed by atoms with Crippen LogP contribution in [0, 0.1) is 5.41 Å². The molecule has 0 aliphatic rings. The Labute approximate surface area is 87.4 Å². The van der Waals surface area contributed by atoms with E-state index in [2.05, 4.69) is 4.74 Å². The van der Waals surface area contributed by atoms with Gasteiger partial charge in [-0.05, 0) is 12.8 Å². The monoisotopic (exact) mass is 217 g/mol. The molecule has 0 aromatic heterocycles. The smallest absolute Gasteiger partial charge is 0.323 e. The van der Waals surface area contributed by atoms with E-state index in [1.165, 1.54) is 0 Å². The molecule has 0 fully saturated rings. The largest absolute Gasteiger partial charge is 0.480 e. The van der Waals surface area contributed by atoms with Crippen LogP contribution in [0.1, 0.15) is 26.7 Å². The number of hydrogen-bond donors (Lipinski definition) is 2. The van der Waals surface area contributed by atoms with Crippen molar-refractivity contribution < 1.29 is 24.2 Å². The lowest BCUT2D eigenvalue weighted by molar-refractivity contribution is -0.170. The molecule has 6 nitrogen and oxygen atoms in total. The van der Waals surface area contributed by atoms with E-state index in [0.717, 1.165) is 0 Å². The van der Waals surface area contributed by atoms with E-state index < -0.39 is 29.9 Å². The fraction of sp³-hybridized carbons (Fsp3) is 0.667. The summed E-state index contributed by atoms with van der Waals surface area (Å²) in [7, 11) is 0. The van der Waals surface area contributed by atoms with Crippen molar-refractivity contribution in [2.75, 3.05) is 6.61 Å². The molecule has 6 heteroatoms. The number of aliphatic carboxylic acids is 1. The quantitative estimate of drug-likeness (QED) is 0.477. The summed E-state index contributed by atoms with van der Waals surface area (Å²) in [5, 5.41) is 8.94. The number of hydrogen-bond acceptors (Lipinski definition) is 4. The summed E-state index contributed by atoms with van der Waals surface area (Å²) in [4.78, 5) is 32.8. The molecule has 0 heterocycles. The number of carboxylic acids is 1. The van der Waals surface area contributed by atoms with Gasteiger partial charge in [0, 0.05) is 0 Å². The molecule has 0 rings (SSSR count). The van der Waals surface area contributed by atoms with Crippen LogP contribution >= 0.6 is 0 Å². The molecule has 0 bridgehead atoms. The number of carbonyl (C=O) groups excluding carboxylic acids is 2. The van der Waals surface area contributed by atoms with Crippen LogP contribution in [0.3, 0.4) is 0 Å². The zero-order valence-corrected chi connectivity index (χ0v) is 8.78. The SMILES string of the molecule is CCC(CC)(C(=O)O)C(=O)OCC(N)=O. The summed E-state index contributed by atoms with van der Waals surface area (Å²) in [5.41, 5.74) is 3.21. The molecule has 0 spiro atoms. The van der Waals surface area contributed by atoms with Crippen molar-refractivity contribution in [3.05, 3.63) is 0 Å². The molecule has 1 amide bonds. The summed E-state index contributed by atoms with van der Waals surface area (Å²) >= 11 is 0. The van der Waals surface area contributed by atoms with Gasteiger partial charge >= 0.3 is 11.9 Å². The van der Waals surface area contributed by atoms with E-state index in [1.807, 2.05) is 0 Å². The zero-order chi connectivity index (χ0) is 12.1. The lowest BCUT2D eigenvalue weighted by atomic mass is 9.82. The summed E-state index contributed by atoms with van der Waals surface area (Å²) in [6.07, 6.45) is 0.215. The molecule has 0 atom stereocenters. The first-order valence-corrected chi connectivity index (χ1v) is 4.59.